The third-order valence-electron chi connectivity index (χ3n) is 3.66. The molecule has 0 aliphatic carbocycles. The predicted molar refractivity (Wildman–Crippen MR) is 83.7 cm³/mol. The van der Waals surface area contributed by atoms with Crippen molar-refractivity contribution in [3.05, 3.63) is 46.7 Å². The maximum atomic E-state index is 12.2. The van der Waals surface area contributed by atoms with Gasteiger partial charge in [0.25, 0.3) is 0 Å². The van der Waals surface area contributed by atoms with Gasteiger partial charge in [0.15, 0.2) is 5.58 Å². The van der Waals surface area contributed by atoms with Crippen molar-refractivity contribution >= 4 is 21.1 Å². The fraction of sp³-hybridized carbons (Fsp3) is 0.286. The van der Waals surface area contributed by atoms with E-state index in [0.717, 1.165) is 10.00 Å². The molecular weight excluding hydrogens is 320 g/mol. The number of sulfonamides is 1. The van der Waals surface area contributed by atoms with Crippen molar-refractivity contribution in [1.29, 1.82) is 0 Å². The average molecular weight is 336 g/mol. The summed E-state index contributed by atoms with van der Waals surface area (Å²) in [6.45, 7) is 0.294. The molecule has 0 saturated heterocycles. The number of oxazole rings is 1. The summed E-state index contributed by atoms with van der Waals surface area (Å²) < 4.78 is 33.7. The summed E-state index contributed by atoms with van der Waals surface area (Å²) in [7, 11) is 1.10. The minimum Gasteiger partial charge on any atom is -0.408 e. The lowest BCUT2D eigenvalue weighted by Crippen LogP contribution is -2.22. The van der Waals surface area contributed by atoms with E-state index in [1.807, 2.05) is 0 Å². The summed E-state index contributed by atoms with van der Waals surface area (Å²) in [6, 6.07) is 6.21. The smallest absolute Gasteiger partial charge is 0.408 e. The van der Waals surface area contributed by atoms with Gasteiger partial charge in [-0.05, 0) is 18.2 Å². The van der Waals surface area contributed by atoms with Crippen LogP contribution in [0.4, 0.5) is 0 Å². The number of aryl methyl sites for hydroxylation is 1. The molecular formula is C14H16N4O4S. The van der Waals surface area contributed by atoms with E-state index in [1.165, 1.54) is 30.8 Å². The first-order valence-corrected chi connectivity index (χ1v) is 8.27. The second-order valence-corrected chi connectivity index (χ2v) is 7.47. The highest BCUT2D eigenvalue weighted by Gasteiger charge is 2.20. The highest BCUT2D eigenvalue weighted by atomic mass is 32.2. The molecule has 122 valence electrons. The van der Waals surface area contributed by atoms with Crippen LogP contribution in [0, 0.1) is 0 Å². The normalized spacial score (nSPS) is 12.3. The van der Waals surface area contributed by atoms with Crippen molar-refractivity contribution in [2.75, 3.05) is 14.1 Å². The van der Waals surface area contributed by atoms with E-state index in [-0.39, 0.29) is 10.5 Å². The highest BCUT2D eigenvalue weighted by molar-refractivity contribution is 7.89. The SMILES string of the molecule is CN(C)S(=O)(=O)c1ccc2c(c1)oc(=O)n2Cc1ccnn1C. The van der Waals surface area contributed by atoms with E-state index in [9.17, 15) is 13.2 Å². The summed E-state index contributed by atoms with van der Waals surface area (Å²) >= 11 is 0. The van der Waals surface area contributed by atoms with Gasteiger partial charge in [0, 0.05) is 33.4 Å². The monoisotopic (exact) mass is 336 g/mol. The van der Waals surface area contributed by atoms with Crippen LogP contribution in [0.25, 0.3) is 11.1 Å². The molecule has 1 aromatic carbocycles. The van der Waals surface area contributed by atoms with Crippen LogP contribution in [-0.4, -0.2) is 41.2 Å². The topological polar surface area (TPSA) is 90.3 Å². The van der Waals surface area contributed by atoms with Crippen molar-refractivity contribution in [3.8, 4) is 0 Å². The van der Waals surface area contributed by atoms with E-state index in [2.05, 4.69) is 5.10 Å². The maximum absolute atomic E-state index is 12.2. The van der Waals surface area contributed by atoms with E-state index in [1.54, 1.807) is 30.1 Å². The van der Waals surface area contributed by atoms with Gasteiger partial charge in [-0.15, -0.1) is 0 Å². The molecule has 0 aliphatic heterocycles. The summed E-state index contributed by atoms with van der Waals surface area (Å²) in [4.78, 5) is 12.2. The summed E-state index contributed by atoms with van der Waals surface area (Å²) in [5, 5.41) is 4.06. The van der Waals surface area contributed by atoms with Crippen molar-refractivity contribution in [3.63, 3.8) is 0 Å². The zero-order chi connectivity index (χ0) is 16.8. The highest BCUT2D eigenvalue weighted by Crippen LogP contribution is 2.21. The van der Waals surface area contributed by atoms with Gasteiger partial charge in [0.05, 0.1) is 22.7 Å². The maximum Gasteiger partial charge on any atom is 0.420 e. The summed E-state index contributed by atoms with van der Waals surface area (Å²) in [5.74, 6) is -0.541. The quantitative estimate of drug-likeness (QED) is 0.697. The Hall–Kier alpha value is -2.39. The molecule has 2 heterocycles. The van der Waals surface area contributed by atoms with Crippen LogP contribution in [0.15, 0.2) is 44.6 Å². The Balaban J connectivity index is 2.11. The number of hydrogen-bond donors (Lipinski definition) is 0. The van der Waals surface area contributed by atoms with Gasteiger partial charge in [-0.2, -0.15) is 5.10 Å². The van der Waals surface area contributed by atoms with Gasteiger partial charge >= 0.3 is 5.76 Å². The third-order valence-corrected chi connectivity index (χ3v) is 5.47. The Bertz CT molecular complexity index is 1030. The van der Waals surface area contributed by atoms with Crippen LogP contribution in [0.5, 0.6) is 0 Å². The molecule has 0 aliphatic rings. The molecule has 0 fully saturated rings. The molecule has 0 radical (unpaired) electrons. The Morgan fingerprint density at radius 1 is 1.26 bits per heavy atom. The van der Waals surface area contributed by atoms with Crippen LogP contribution in [0.3, 0.4) is 0 Å². The molecule has 9 heteroatoms. The zero-order valence-electron chi connectivity index (χ0n) is 12.9. The van der Waals surface area contributed by atoms with Crippen molar-refractivity contribution in [1.82, 2.24) is 18.7 Å². The molecule has 2 aromatic heterocycles. The van der Waals surface area contributed by atoms with E-state index in [4.69, 9.17) is 4.42 Å². The molecule has 0 amide bonds. The van der Waals surface area contributed by atoms with E-state index in [0.29, 0.717) is 12.1 Å². The molecule has 0 N–H and O–H groups in total. The van der Waals surface area contributed by atoms with Gasteiger partial charge in [-0.1, -0.05) is 0 Å². The van der Waals surface area contributed by atoms with Crippen molar-refractivity contribution < 1.29 is 12.8 Å². The van der Waals surface area contributed by atoms with Gasteiger partial charge < -0.3 is 4.42 Å². The minimum absolute atomic E-state index is 0.0800. The molecule has 23 heavy (non-hydrogen) atoms. The van der Waals surface area contributed by atoms with Crippen LogP contribution in [0.1, 0.15) is 5.69 Å². The second-order valence-electron chi connectivity index (χ2n) is 5.32. The van der Waals surface area contributed by atoms with Gasteiger partial charge in [0.2, 0.25) is 10.0 Å². The average Bonchev–Trinajstić information content (AvgIpc) is 3.03. The van der Waals surface area contributed by atoms with Crippen LogP contribution in [0.2, 0.25) is 0 Å². The lowest BCUT2D eigenvalue weighted by Gasteiger charge is -2.10. The molecule has 0 saturated carbocycles. The van der Waals surface area contributed by atoms with Gasteiger partial charge in [-0.25, -0.2) is 17.5 Å². The van der Waals surface area contributed by atoms with Crippen LogP contribution in [-0.2, 0) is 23.6 Å². The molecule has 3 aromatic rings. The minimum atomic E-state index is -3.58. The number of hydrogen-bond acceptors (Lipinski definition) is 5. The van der Waals surface area contributed by atoms with Gasteiger partial charge in [0.1, 0.15) is 0 Å². The summed E-state index contributed by atoms with van der Waals surface area (Å²) in [5.41, 5.74) is 1.61. The zero-order valence-corrected chi connectivity index (χ0v) is 13.7. The molecule has 0 bridgehead atoms. The molecule has 0 atom stereocenters. The Kier molecular flexibility index (Phi) is 3.61. The number of aromatic nitrogens is 3. The number of rotatable bonds is 4. The lowest BCUT2D eigenvalue weighted by atomic mass is 10.3. The number of nitrogens with zero attached hydrogens (tertiary/aromatic N) is 4. The molecule has 3 rings (SSSR count). The first-order valence-electron chi connectivity index (χ1n) is 6.83. The van der Waals surface area contributed by atoms with E-state index < -0.39 is 15.8 Å². The van der Waals surface area contributed by atoms with Crippen LogP contribution < -0.4 is 5.76 Å². The van der Waals surface area contributed by atoms with Crippen LogP contribution >= 0.6 is 0 Å². The molecule has 0 unspecified atom stereocenters. The second kappa shape index (κ2) is 5.36. The standard InChI is InChI=1S/C14H16N4O4S/c1-16(2)23(20,21)11-4-5-12-13(8-11)22-14(19)18(12)9-10-6-7-15-17(10)3/h4-8H,9H2,1-3H3. The molecule has 0 spiro atoms. The van der Waals surface area contributed by atoms with Crippen molar-refractivity contribution in [2.45, 2.75) is 11.4 Å². The van der Waals surface area contributed by atoms with Crippen molar-refractivity contribution in [2.24, 2.45) is 7.05 Å². The fourth-order valence-electron chi connectivity index (χ4n) is 2.29. The number of benzene rings is 1. The third kappa shape index (κ3) is 2.57. The van der Waals surface area contributed by atoms with Gasteiger partial charge in [-0.3, -0.25) is 9.25 Å². The Morgan fingerprint density at radius 3 is 2.61 bits per heavy atom. The first-order chi connectivity index (χ1) is 10.8. The Labute approximate surface area is 132 Å². The number of fused-ring (bicyclic) bond motifs is 1. The Morgan fingerprint density at radius 2 is 2.00 bits per heavy atom. The first kappa shape index (κ1) is 15.5. The largest absolute Gasteiger partial charge is 0.420 e. The lowest BCUT2D eigenvalue weighted by molar-refractivity contribution is 0.509. The van der Waals surface area contributed by atoms with E-state index >= 15 is 0 Å². The molecule has 8 nitrogen and oxygen atoms in total. The summed E-state index contributed by atoms with van der Waals surface area (Å²) in [6.07, 6.45) is 1.64. The predicted octanol–water partition coefficient (Wildman–Crippen LogP) is 0.627. The fourth-order valence-corrected chi connectivity index (χ4v) is 3.20.